The van der Waals surface area contributed by atoms with Crippen molar-refractivity contribution in [3.63, 3.8) is 0 Å². The topological polar surface area (TPSA) is 104 Å². The summed E-state index contributed by atoms with van der Waals surface area (Å²) >= 11 is 0. The van der Waals surface area contributed by atoms with Gasteiger partial charge in [-0.15, -0.1) is 0 Å². The lowest BCUT2D eigenvalue weighted by Crippen LogP contribution is -2.06. The molecule has 0 radical (unpaired) electrons. The van der Waals surface area contributed by atoms with Gasteiger partial charge in [0.1, 0.15) is 0 Å². The second-order valence-electron chi connectivity index (χ2n) is 4.52. The van der Waals surface area contributed by atoms with Crippen LogP contribution in [0, 0.1) is 11.8 Å². The predicted molar refractivity (Wildman–Crippen MR) is 76.7 cm³/mol. The van der Waals surface area contributed by atoms with E-state index in [-0.39, 0.29) is 14.7 Å². The zero-order chi connectivity index (χ0) is 16.5. The molecule has 0 amide bonds. The van der Waals surface area contributed by atoms with Gasteiger partial charge in [0.15, 0.2) is 12.9 Å². The molecule has 0 unspecified atom stereocenters. The fourth-order valence-electron chi connectivity index (χ4n) is 1.96. The highest BCUT2D eigenvalue weighted by Crippen LogP contribution is 2.39. The molecule has 0 bridgehead atoms. The molecule has 0 heterocycles. The Bertz CT molecular complexity index is 844. The van der Waals surface area contributed by atoms with Crippen molar-refractivity contribution in [2.75, 3.05) is 7.11 Å². The minimum atomic E-state index is -3.97. The molecule has 0 saturated carbocycles. The lowest BCUT2D eigenvalue weighted by Gasteiger charge is -2.08. The summed E-state index contributed by atoms with van der Waals surface area (Å²) < 4.78 is 25.3. The number of sulfone groups is 1. The van der Waals surface area contributed by atoms with E-state index in [9.17, 15) is 23.5 Å². The van der Waals surface area contributed by atoms with Crippen molar-refractivity contribution in [1.29, 1.82) is 0 Å². The van der Waals surface area contributed by atoms with E-state index in [2.05, 4.69) is 4.84 Å². The monoisotopic (exact) mass is 324 g/mol. The van der Waals surface area contributed by atoms with Crippen LogP contribution in [0.4, 0.5) is 5.69 Å². The normalized spacial score (nSPS) is 11.2. The average molecular weight is 324 g/mol. The number of aromatic hydroxyl groups is 2. The first kappa shape index (κ1) is 15.8. The van der Waals surface area contributed by atoms with E-state index in [0.717, 1.165) is 19.2 Å². The van der Waals surface area contributed by atoms with Gasteiger partial charge in [0.25, 0.3) is 4.92 Å². The van der Waals surface area contributed by atoms with E-state index in [0.29, 0.717) is 5.56 Å². The summed E-state index contributed by atoms with van der Waals surface area (Å²) in [5, 5.41) is 19.3. The molecule has 8 heteroatoms. The van der Waals surface area contributed by atoms with Crippen molar-refractivity contribution in [3.8, 4) is 11.5 Å². The molecule has 0 atom stereocenters. The molecule has 2 N–H and O–H groups in total. The van der Waals surface area contributed by atoms with E-state index >= 15 is 0 Å². The summed E-state index contributed by atoms with van der Waals surface area (Å²) in [6.45, 7) is 1.63. The molecule has 2 aromatic rings. The number of hydrogen-bond donors (Lipinski definition) is 2. The van der Waals surface area contributed by atoms with Gasteiger partial charge in [-0.05, 0) is 18.6 Å². The van der Waals surface area contributed by atoms with Crippen molar-refractivity contribution < 1.29 is 28.4 Å². The molecule has 0 aromatic heterocycles. The van der Waals surface area contributed by atoms with Gasteiger partial charge >= 0.3 is 5.69 Å². The molecule has 0 aliphatic rings. The molecule has 116 valence electrons. The first-order valence-corrected chi connectivity index (χ1v) is 7.65. The Morgan fingerprint density at radius 3 is 2.36 bits per heavy atom. The predicted octanol–water partition coefficient (Wildman–Crippen LogP) is 2.21. The van der Waals surface area contributed by atoms with Crippen LogP contribution < -0.4 is 0 Å². The number of phenolic OH excluding ortho intramolecular Hbond substituents is 2. The van der Waals surface area contributed by atoms with Crippen LogP contribution in [-0.4, -0.2) is 30.7 Å². The summed E-state index contributed by atoms with van der Waals surface area (Å²) in [7, 11) is -2.92. The Balaban J connectivity index is 2.70. The second kappa shape index (κ2) is 5.64. The van der Waals surface area contributed by atoms with Gasteiger partial charge in [0, 0.05) is 12.1 Å². The molecule has 2 rings (SSSR count). The van der Waals surface area contributed by atoms with Crippen LogP contribution in [-0.2, 0) is 14.7 Å². The summed E-state index contributed by atoms with van der Waals surface area (Å²) in [4.78, 5) is 15.5. The lowest BCUT2D eigenvalue weighted by atomic mass is 10.2. The molecule has 7 nitrogen and oxygen atoms in total. The summed E-state index contributed by atoms with van der Waals surface area (Å²) in [6.07, 6.45) is 0. The van der Waals surface area contributed by atoms with Gasteiger partial charge in [0.2, 0.25) is 15.6 Å². The third-order valence-corrected chi connectivity index (χ3v) is 4.99. The maximum Gasteiger partial charge on any atom is 0.363 e. The number of benzene rings is 2. The van der Waals surface area contributed by atoms with Gasteiger partial charge in [-0.25, -0.2) is 13.3 Å². The Labute approximate surface area is 126 Å². The fraction of sp³-hybridized carbons (Fsp3) is 0.143. The quantitative estimate of drug-likeness (QED) is 0.660. The van der Waals surface area contributed by atoms with Gasteiger partial charge in [0.05, 0.1) is 14.7 Å². The highest BCUT2D eigenvalue weighted by Gasteiger charge is 2.30. The number of rotatable bonds is 4. The molecule has 0 saturated heterocycles. The molecular weight excluding hydrogens is 310 g/mol. The fourth-order valence-corrected chi connectivity index (χ4v) is 3.49. The van der Waals surface area contributed by atoms with Gasteiger partial charge in [-0.1, -0.05) is 18.2 Å². The maximum atomic E-state index is 12.6. The summed E-state index contributed by atoms with van der Waals surface area (Å²) in [5.74, 6) is -1.50. The zero-order valence-electron chi connectivity index (χ0n) is 11.8. The number of phenols is 2. The standard InChI is InChI=1S/C14H13NO6S/c1-9-5-3-4-6-13(9)22(19,20)10-7-11(15(18)21-2)14(17)12(16)8-10/h3-8H,1-2H3,(H-,16,17,18)/p+1. The van der Waals surface area contributed by atoms with Crippen LogP contribution in [0.5, 0.6) is 11.5 Å². The van der Waals surface area contributed by atoms with E-state index in [1.54, 1.807) is 25.1 Å². The van der Waals surface area contributed by atoms with E-state index in [1.165, 1.54) is 6.07 Å². The molecule has 2 aromatic carbocycles. The number of nitrogens with zero attached hydrogens (tertiary/aromatic N) is 1. The molecular formula is C14H14NO6S+. The highest BCUT2D eigenvalue weighted by atomic mass is 32.2. The first-order chi connectivity index (χ1) is 10.3. The Kier molecular flexibility index (Phi) is 4.05. The van der Waals surface area contributed by atoms with Crippen molar-refractivity contribution in [2.24, 2.45) is 0 Å². The van der Waals surface area contributed by atoms with Crippen LogP contribution >= 0.6 is 0 Å². The van der Waals surface area contributed by atoms with Crippen molar-refractivity contribution in [3.05, 3.63) is 46.9 Å². The summed E-state index contributed by atoms with van der Waals surface area (Å²) in [5.41, 5.74) is 0.0111. The third kappa shape index (κ3) is 2.60. The minimum Gasteiger partial charge on any atom is -0.504 e. The molecule has 0 fully saturated rings. The molecule has 0 aliphatic heterocycles. The van der Waals surface area contributed by atoms with Crippen LogP contribution in [0.25, 0.3) is 0 Å². The zero-order valence-corrected chi connectivity index (χ0v) is 12.7. The minimum absolute atomic E-state index is 0.0425. The largest absolute Gasteiger partial charge is 0.504 e. The van der Waals surface area contributed by atoms with Crippen LogP contribution in [0.3, 0.4) is 0 Å². The third-order valence-electron chi connectivity index (χ3n) is 3.10. The number of aryl methyl sites for hydroxylation is 1. The Morgan fingerprint density at radius 2 is 1.77 bits per heavy atom. The van der Waals surface area contributed by atoms with Crippen molar-refractivity contribution in [1.82, 2.24) is 0 Å². The van der Waals surface area contributed by atoms with Crippen LogP contribution in [0.1, 0.15) is 5.56 Å². The average Bonchev–Trinajstić information content (AvgIpc) is 2.49. The van der Waals surface area contributed by atoms with Gasteiger partial charge < -0.3 is 10.2 Å². The maximum absolute atomic E-state index is 12.6. The van der Waals surface area contributed by atoms with E-state index < -0.39 is 27.0 Å². The van der Waals surface area contributed by atoms with Crippen molar-refractivity contribution >= 4 is 15.5 Å². The molecule has 0 aliphatic carbocycles. The summed E-state index contributed by atoms with van der Waals surface area (Å²) in [6, 6.07) is 8.12. The van der Waals surface area contributed by atoms with Crippen LogP contribution in [0.15, 0.2) is 46.2 Å². The van der Waals surface area contributed by atoms with Crippen molar-refractivity contribution in [2.45, 2.75) is 16.7 Å². The Hall–Kier alpha value is -2.61. The molecule has 22 heavy (non-hydrogen) atoms. The number of hydrogen-bond acceptors (Lipinski definition) is 6. The first-order valence-electron chi connectivity index (χ1n) is 6.17. The Morgan fingerprint density at radius 1 is 1.14 bits per heavy atom. The van der Waals surface area contributed by atoms with E-state index in [1.807, 2.05) is 0 Å². The molecule has 0 spiro atoms. The van der Waals surface area contributed by atoms with Crippen LogP contribution in [0.2, 0.25) is 0 Å². The smallest absolute Gasteiger partial charge is 0.363 e. The van der Waals surface area contributed by atoms with Gasteiger partial charge in [-0.3, -0.25) is 0 Å². The lowest BCUT2D eigenvalue weighted by molar-refractivity contribution is -0.737. The second-order valence-corrected chi connectivity index (χ2v) is 6.44. The van der Waals surface area contributed by atoms with E-state index in [4.69, 9.17) is 0 Å². The van der Waals surface area contributed by atoms with Gasteiger partial charge in [-0.2, -0.15) is 0 Å². The SMILES string of the molecule is CO[N+](=O)c1cc(S(=O)(=O)c2ccccc2C)cc(O)c1O. The highest BCUT2D eigenvalue weighted by molar-refractivity contribution is 7.91.